The van der Waals surface area contributed by atoms with Gasteiger partial charge in [0.15, 0.2) is 0 Å². The lowest BCUT2D eigenvalue weighted by Crippen LogP contribution is -2.50. The molecule has 1 N–H and O–H groups in total. The van der Waals surface area contributed by atoms with Crippen LogP contribution in [0.1, 0.15) is 42.1 Å². The molecule has 6 nitrogen and oxygen atoms in total. The molecule has 1 saturated heterocycles. The van der Waals surface area contributed by atoms with E-state index in [1.807, 2.05) is 6.92 Å². The number of nitrogens with zero attached hydrogens (tertiary/aromatic N) is 3. The number of rotatable bonds is 3. The Morgan fingerprint density at radius 3 is 2.89 bits per heavy atom. The third kappa shape index (κ3) is 1.88. The van der Waals surface area contributed by atoms with Gasteiger partial charge in [-0.25, -0.2) is 4.79 Å². The fraction of sp³-hybridized carbons (Fsp3) is 0.636. The van der Waals surface area contributed by atoms with E-state index in [1.165, 1.54) is 4.90 Å². The average molecular weight is 269 g/mol. The van der Waals surface area contributed by atoms with Crippen LogP contribution in [0.5, 0.6) is 0 Å². The first-order valence-electron chi connectivity index (χ1n) is 5.87. The van der Waals surface area contributed by atoms with Gasteiger partial charge in [-0.2, -0.15) is 0 Å². The van der Waals surface area contributed by atoms with Crippen LogP contribution in [0, 0.1) is 0 Å². The number of carboxylic acids is 1. The summed E-state index contributed by atoms with van der Waals surface area (Å²) in [6, 6.07) is 0. The van der Waals surface area contributed by atoms with E-state index in [0.29, 0.717) is 36.4 Å². The minimum Gasteiger partial charge on any atom is -0.480 e. The number of aryl methyl sites for hydroxylation is 1. The van der Waals surface area contributed by atoms with E-state index in [0.717, 1.165) is 11.5 Å². The highest BCUT2D eigenvalue weighted by Crippen LogP contribution is 2.31. The molecule has 98 valence electrons. The largest absolute Gasteiger partial charge is 0.480 e. The Balaban J connectivity index is 2.32. The van der Waals surface area contributed by atoms with Gasteiger partial charge in [-0.15, -0.1) is 5.10 Å². The summed E-state index contributed by atoms with van der Waals surface area (Å²) in [5.41, 5.74) is -0.462. The smallest absolute Gasteiger partial charge is 0.329 e. The van der Waals surface area contributed by atoms with E-state index in [4.69, 9.17) is 0 Å². The molecule has 0 aliphatic carbocycles. The summed E-state index contributed by atoms with van der Waals surface area (Å²) >= 11 is 1.04. The van der Waals surface area contributed by atoms with Crippen LogP contribution in [0.4, 0.5) is 0 Å². The third-order valence-electron chi connectivity index (χ3n) is 3.43. The molecule has 0 aromatic carbocycles. The summed E-state index contributed by atoms with van der Waals surface area (Å²) in [7, 11) is 0. The zero-order chi connectivity index (χ0) is 13.3. The topological polar surface area (TPSA) is 83.4 Å². The van der Waals surface area contributed by atoms with Crippen molar-refractivity contribution in [2.24, 2.45) is 0 Å². The molecule has 0 saturated carbocycles. The SMILES string of the molecule is CCc1nnsc1C(=O)N1CCCC1(C)C(=O)O. The predicted octanol–water partition coefficient (Wildman–Crippen LogP) is 1.18. The van der Waals surface area contributed by atoms with Crippen molar-refractivity contribution >= 4 is 23.4 Å². The van der Waals surface area contributed by atoms with Gasteiger partial charge in [-0.05, 0) is 37.7 Å². The van der Waals surface area contributed by atoms with E-state index in [2.05, 4.69) is 9.59 Å². The highest BCUT2D eigenvalue weighted by atomic mass is 32.1. The third-order valence-corrected chi connectivity index (χ3v) is 4.19. The van der Waals surface area contributed by atoms with Gasteiger partial charge in [-0.1, -0.05) is 11.4 Å². The molecule has 1 amide bonds. The first kappa shape index (κ1) is 12.9. The van der Waals surface area contributed by atoms with Crippen molar-refractivity contribution in [2.75, 3.05) is 6.54 Å². The molecule has 1 aromatic heterocycles. The molecule has 2 heterocycles. The quantitative estimate of drug-likeness (QED) is 0.890. The van der Waals surface area contributed by atoms with Gasteiger partial charge >= 0.3 is 5.97 Å². The number of likely N-dealkylation sites (tertiary alicyclic amines) is 1. The van der Waals surface area contributed by atoms with Crippen LogP contribution in [-0.2, 0) is 11.2 Å². The number of hydrogen-bond donors (Lipinski definition) is 1. The molecule has 2 rings (SSSR count). The summed E-state index contributed by atoms with van der Waals surface area (Å²) < 4.78 is 3.77. The molecular formula is C11H15N3O3S. The monoisotopic (exact) mass is 269 g/mol. The van der Waals surface area contributed by atoms with Crippen molar-refractivity contribution in [3.63, 3.8) is 0 Å². The highest BCUT2D eigenvalue weighted by molar-refractivity contribution is 7.08. The van der Waals surface area contributed by atoms with Crippen LogP contribution in [0.3, 0.4) is 0 Å². The van der Waals surface area contributed by atoms with Crippen LogP contribution in [0.15, 0.2) is 0 Å². The number of carboxylic acid groups (broad SMARTS) is 1. The van der Waals surface area contributed by atoms with Crippen molar-refractivity contribution in [3.05, 3.63) is 10.6 Å². The normalized spacial score (nSPS) is 23.3. The molecule has 1 atom stereocenters. The molecule has 1 aromatic rings. The highest BCUT2D eigenvalue weighted by Gasteiger charge is 2.46. The van der Waals surface area contributed by atoms with Crippen molar-refractivity contribution < 1.29 is 14.7 Å². The molecule has 1 unspecified atom stereocenters. The van der Waals surface area contributed by atoms with Crippen molar-refractivity contribution in [3.8, 4) is 0 Å². The van der Waals surface area contributed by atoms with E-state index in [1.54, 1.807) is 6.92 Å². The molecule has 1 fully saturated rings. The Morgan fingerprint density at radius 2 is 2.28 bits per heavy atom. The summed E-state index contributed by atoms with van der Waals surface area (Å²) in [5.74, 6) is -1.21. The minimum atomic E-state index is -1.11. The van der Waals surface area contributed by atoms with E-state index in [-0.39, 0.29) is 5.91 Å². The number of aliphatic carboxylic acids is 1. The first-order valence-corrected chi connectivity index (χ1v) is 6.64. The molecule has 0 bridgehead atoms. The van der Waals surface area contributed by atoms with Gasteiger partial charge in [-0.3, -0.25) is 4.79 Å². The maximum atomic E-state index is 12.4. The standard InChI is InChI=1S/C11H15N3O3S/c1-3-7-8(18-13-12-7)9(15)14-6-4-5-11(14,2)10(16)17/h3-6H2,1-2H3,(H,16,17). The Morgan fingerprint density at radius 1 is 1.56 bits per heavy atom. The van der Waals surface area contributed by atoms with Crippen LogP contribution in [-0.4, -0.2) is 43.6 Å². The number of carbonyl (C=O) groups is 2. The average Bonchev–Trinajstić information content (AvgIpc) is 2.94. The fourth-order valence-electron chi connectivity index (χ4n) is 2.24. The van der Waals surface area contributed by atoms with Gasteiger partial charge in [0, 0.05) is 6.54 Å². The van der Waals surface area contributed by atoms with E-state index in [9.17, 15) is 14.7 Å². The molecule has 7 heteroatoms. The lowest BCUT2D eigenvalue weighted by Gasteiger charge is -2.30. The van der Waals surface area contributed by atoms with E-state index >= 15 is 0 Å². The van der Waals surface area contributed by atoms with Crippen LogP contribution >= 0.6 is 11.5 Å². The summed E-state index contributed by atoms with van der Waals surface area (Å²) in [6.07, 6.45) is 1.82. The Labute approximate surface area is 109 Å². The lowest BCUT2D eigenvalue weighted by molar-refractivity contribution is -0.147. The van der Waals surface area contributed by atoms with Crippen molar-refractivity contribution in [1.29, 1.82) is 0 Å². The Hall–Kier alpha value is -1.50. The Kier molecular flexibility index (Phi) is 3.34. The number of hydrogen-bond acceptors (Lipinski definition) is 5. The van der Waals surface area contributed by atoms with Crippen LogP contribution in [0.25, 0.3) is 0 Å². The molecule has 1 aliphatic heterocycles. The molecular weight excluding hydrogens is 254 g/mol. The second-order valence-corrected chi connectivity index (χ2v) is 5.30. The van der Waals surface area contributed by atoms with Gasteiger partial charge in [0.1, 0.15) is 10.4 Å². The maximum Gasteiger partial charge on any atom is 0.329 e. The zero-order valence-electron chi connectivity index (χ0n) is 10.3. The van der Waals surface area contributed by atoms with Gasteiger partial charge in [0.05, 0.1) is 5.69 Å². The first-order chi connectivity index (χ1) is 8.50. The molecule has 0 radical (unpaired) electrons. The second kappa shape index (κ2) is 4.64. The van der Waals surface area contributed by atoms with Crippen molar-refractivity contribution in [1.82, 2.24) is 14.5 Å². The van der Waals surface area contributed by atoms with Crippen LogP contribution in [0.2, 0.25) is 0 Å². The molecule has 18 heavy (non-hydrogen) atoms. The van der Waals surface area contributed by atoms with E-state index < -0.39 is 11.5 Å². The predicted molar refractivity (Wildman–Crippen MR) is 65.6 cm³/mol. The maximum absolute atomic E-state index is 12.4. The molecule has 0 spiro atoms. The summed E-state index contributed by atoms with van der Waals surface area (Å²) in [5, 5.41) is 13.2. The fourth-order valence-corrected chi connectivity index (χ4v) is 2.94. The van der Waals surface area contributed by atoms with Gasteiger partial charge < -0.3 is 10.0 Å². The summed E-state index contributed by atoms with van der Waals surface area (Å²) in [6.45, 7) is 3.97. The zero-order valence-corrected chi connectivity index (χ0v) is 11.2. The number of carbonyl (C=O) groups excluding carboxylic acids is 1. The molecule has 1 aliphatic rings. The van der Waals surface area contributed by atoms with Gasteiger partial charge in [0.2, 0.25) is 0 Å². The minimum absolute atomic E-state index is 0.260. The second-order valence-electron chi connectivity index (χ2n) is 4.54. The number of aromatic nitrogens is 2. The number of amides is 1. The lowest BCUT2D eigenvalue weighted by atomic mass is 9.99. The van der Waals surface area contributed by atoms with Crippen LogP contribution < -0.4 is 0 Å². The van der Waals surface area contributed by atoms with Gasteiger partial charge in [0.25, 0.3) is 5.91 Å². The van der Waals surface area contributed by atoms with Crippen molar-refractivity contribution in [2.45, 2.75) is 38.6 Å². The Bertz CT molecular complexity index is 488. The summed E-state index contributed by atoms with van der Waals surface area (Å²) in [4.78, 5) is 25.6.